The number of carbonyl (C=O) groups is 2. The van der Waals surface area contributed by atoms with Crippen molar-refractivity contribution in [2.24, 2.45) is 11.3 Å². The highest BCUT2D eigenvalue weighted by atomic mass is 16.5. The van der Waals surface area contributed by atoms with Crippen LogP contribution in [0.15, 0.2) is 41.7 Å². The van der Waals surface area contributed by atoms with Gasteiger partial charge in [-0.05, 0) is 36.5 Å². The monoisotopic (exact) mass is 385 g/mol. The van der Waals surface area contributed by atoms with Crippen molar-refractivity contribution in [3.8, 4) is 11.5 Å². The second kappa shape index (κ2) is 7.34. The van der Waals surface area contributed by atoms with Crippen molar-refractivity contribution in [2.75, 3.05) is 13.7 Å². The van der Waals surface area contributed by atoms with Crippen molar-refractivity contribution >= 4 is 11.8 Å². The molecule has 2 aliphatic rings. The topological polar surface area (TPSA) is 84.9 Å². The number of allylic oxidation sites excluding steroid dienone is 2. The summed E-state index contributed by atoms with van der Waals surface area (Å²) in [6.45, 7) is 10.4. The molecule has 0 spiro atoms. The van der Waals surface area contributed by atoms with Gasteiger partial charge in [-0.1, -0.05) is 26.5 Å². The molecule has 0 fully saturated rings. The van der Waals surface area contributed by atoms with Crippen molar-refractivity contribution < 1.29 is 24.2 Å². The number of hydrogen-bond donors (Lipinski definition) is 2. The second-order valence-electron chi connectivity index (χ2n) is 8.12. The molecule has 2 unspecified atom stereocenters. The van der Waals surface area contributed by atoms with Gasteiger partial charge in [0, 0.05) is 29.3 Å². The lowest BCUT2D eigenvalue weighted by molar-refractivity contribution is -0.144. The molecule has 28 heavy (non-hydrogen) atoms. The van der Waals surface area contributed by atoms with Crippen LogP contribution < -0.4 is 10.1 Å². The van der Waals surface area contributed by atoms with Gasteiger partial charge in [0.1, 0.15) is 5.92 Å². The fourth-order valence-electron chi connectivity index (χ4n) is 4.21. The maximum Gasteiger partial charge on any atom is 0.315 e. The average molecular weight is 385 g/mol. The van der Waals surface area contributed by atoms with E-state index in [0.717, 1.165) is 5.70 Å². The largest absolute Gasteiger partial charge is 0.504 e. The lowest BCUT2D eigenvalue weighted by Gasteiger charge is -2.42. The van der Waals surface area contributed by atoms with E-state index in [-0.39, 0.29) is 16.9 Å². The van der Waals surface area contributed by atoms with E-state index in [1.807, 2.05) is 20.8 Å². The highest BCUT2D eigenvalue weighted by Gasteiger charge is 2.46. The number of hydrogen-bond acceptors (Lipinski definition) is 6. The molecule has 1 aromatic carbocycles. The molecule has 0 aromatic heterocycles. The molecule has 1 heterocycles. The van der Waals surface area contributed by atoms with Gasteiger partial charge in [0.25, 0.3) is 0 Å². The highest BCUT2D eigenvalue weighted by Crippen LogP contribution is 2.49. The third-order valence-electron chi connectivity index (χ3n) is 5.35. The molecule has 0 saturated carbocycles. The molecule has 0 bridgehead atoms. The first kappa shape index (κ1) is 20.0. The van der Waals surface area contributed by atoms with Gasteiger partial charge in [-0.3, -0.25) is 9.59 Å². The number of benzene rings is 1. The summed E-state index contributed by atoms with van der Waals surface area (Å²) >= 11 is 0. The van der Waals surface area contributed by atoms with Crippen molar-refractivity contribution in [2.45, 2.75) is 39.5 Å². The van der Waals surface area contributed by atoms with E-state index in [1.165, 1.54) is 13.2 Å². The van der Waals surface area contributed by atoms with E-state index in [1.54, 1.807) is 12.1 Å². The van der Waals surface area contributed by atoms with E-state index >= 15 is 0 Å². The zero-order chi connectivity index (χ0) is 20.6. The minimum absolute atomic E-state index is 0.0104. The number of phenolic OH excluding ortho intramolecular Hbond substituents is 1. The Morgan fingerprint density at radius 2 is 2.07 bits per heavy atom. The summed E-state index contributed by atoms with van der Waals surface area (Å²) in [5, 5.41) is 13.3. The Morgan fingerprint density at radius 1 is 1.36 bits per heavy atom. The summed E-state index contributed by atoms with van der Waals surface area (Å²) < 4.78 is 10.5. The number of ether oxygens (including phenoxy) is 2. The van der Waals surface area contributed by atoms with E-state index in [4.69, 9.17) is 9.47 Å². The molecular formula is C22H27NO5. The first-order chi connectivity index (χ1) is 13.2. The normalized spacial score (nSPS) is 23.7. The van der Waals surface area contributed by atoms with Crippen LogP contribution in [-0.2, 0) is 14.3 Å². The van der Waals surface area contributed by atoms with E-state index in [2.05, 4.69) is 11.9 Å². The molecule has 2 N–H and O–H groups in total. The molecule has 0 amide bonds. The number of phenols is 1. The quantitative estimate of drug-likeness (QED) is 0.773. The lowest BCUT2D eigenvalue weighted by Crippen LogP contribution is -2.43. The first-order valence-corrected chi connectivity index (χ1v) is 9.44. The number of methoxy groups -OCH3 is 1. The van der Waals surface area contributed by atoms with E-state index in [9.17, 15) is 14.7 Å². The Hall–Kier alpha value is -2.76. The number of esters is 1. The van der Waals surface area contributed by atoms with Crippen LogP contribution in [0, 0.1) is 11.3 Å². The third kappa shape index (κ3) is 3.51. The maximum absolute atomic E-state index is 13.1. The maximum atomic E-state index is 13.1. The van der Waals surface area contributed by atoms with Crippen LogP contribution in [0.25, 0.3) is 0 Å². The van der Waals surface area contributed by atoms with Crippen LogP contribution >= 0.6 is 0 Å². The molecular weight excluding hydrogens is 358 g/mol. The number of rotatable bonds is 4. The minimum Gasteiger partial charge on any atom is -0.504 e. The zero-order valence-corrected chi connectivity index (χ0v) is 16.8. The lowest BCUT2D eigenvalue weighted by atomic mass is 9.66. The number of Topliss-reactive ketones (excluding diaryl/α,β-unsaturated/α-hetero) is 1. The fraction of sp³-hybridized carbons (Fsp3) is 0.455. The summed E-state index contributed by atoms with van der Waals surface area (Å²) in [5.41, 5.74) is 2.45. The zero-order valence-electron chi connectivity index (χ0n) is 16.8. The summed E-state index contributed by atoms with van der Waals surface area (Å²) in [4.78, 5) is 25.7. The molecule has 6 nitrogen and oxygen atoms in total. The molecule has 1 aromatic rings. The molecule has 150 valence electrons. The second-order valence-corrected chi connectivity index (χ2v) is 8.12. The minimum atomic E-state index is -0.743. The summed E-state index contributed by atoms with van der Waals surface area (Å²) in [6.07, 6.45) is 1.09. The van der Waals surface area contributed by atoms with Gasteiger partial charge in [-0.15, -0.1) is 0 Å². The predicted octanol–water partition coefficient (Wildman–Crippen LogP) is 3.42. The first-order valence-electron chi connectivity index (χ1n) is 9.44. The molecule has 6 heteroatoms. The fourth-order valence-corrected chi connectivity index (χ4v) is 4.21. The van der Waals surface area contributed by atoms with Crippen molar-refractivity contribution in [3.05, 3.63) is 47.3 Å². The average Bonchev–Trinajstić information content (AvgIpc) is 2.61. The van der Waals surface area contributed by atoms with Crippen LogP contribution in [-0.4, -0.2) is 30.6 Å². The van der Waals surface area contributed by atoms with E-state index < -0.39 is 17.8 Å². The van der Waals surface area contributed by atoms with Crippen LogP contribution in [0.5, 0.6) is 11.5 Å². The Morgan fingerprint density at radius 3 is 2.71 bits per heavy atom. The summed E-state index contributed by atoms with van der Waals surface area (Å²) in [6, 6.07) is 4.93. The Bertz CT molecular complexity index is 868. The van der Waals surface area contributed by atoms with Gasteiger partial charge >= 0.3 is 5.97 Å². The summed E-state index contributed by atoms with van der Waals surface area (Å²) in [5.74, 6) is -1.40. The van der Waals surface area contributed by atoms with Gasteiger partial charge in [0.2, 0.25) is 0 Å². The molecule has 0 saturated heterocycles. The van der Waals surface area contributed by atoms with Gasteiger partial charge in [-0.25, -0.2) is 0 Å². The van der Waals surface area contributed by atoms with Crippen molar-refractivity contribution in [3.63, 3.8) is 0 Å². The van der Waals surface area contributed by atoms with Crippen LogP contribution in [0.4, 0.5) is 0 Å². The van der Waals surface area contributed by atoms with Crippen LogP contribution in [0.2, 0.25) is 0 Å². The van der Waals surface area contributed by atoms with Gasteiger partial charge in [0.05, 0.1) is 13.7 Å². The van der Waals surface area contributed by atoms with Crippen LogP contribution in [0.3, 0.4) is 0 Å². The Balaban J connectivity index is 2.19. The third-order valence-corrected chi connectivity index (χ3v) is 5.35. The van der Waals surface area contributed by atoms with Gasteiger partial charge in [0.15, 0.2) is 17.3 Å². The van der Waals surface area contributed by atoms with Gasteiger partial charge < -0.3 is 19.9 Å². The molecule has 2 atom stereocenters. The molecule has 0 radical (unpaired) electrons. The van der Waals surface area contributed by atoms with Crippen molar-refractivity contribution in [1.29, 1.82) is 0 Å². The number of aromatic hydroxyl groups is 1. The van der Waals surface area contributed by atoms with Gasteiger partial charge in [-0.2, -0.15) is 0 Å². The number of ketones is 1. The standard InChI is InChI=1S/C22H27NO5/c1-6-28-17-9-13(7-8-15(17)24)19-18(21(26)27-5)12(2)23-14-10-22(3,4)11-16(25)20(14)19/h7-9,18-19,23-24H,2,6,10-11H2,1,3-5H3. The summed E-state index contributed by atoms with van der Waals surface area (Å²) in [7, 11) is 1.32. The predicted molar refractivity (Wildman–Crippen MR) is 105 cm³/mol. The molecule has 1 aliphatic carbocycles. The smallest absolute Gasteiger partial charge is 0.315 e. The highest BCUT2D eigenvalue weighted by molar-refractivity contribution is 6.00. The van der Waals surface area contributed by atoms with E-state index in [0.29, 0.717) is 42.0 Å². The SMILES string of the molecule is C=C1NC2=C(C(=O)CC(C)(C)C2)C(c2ccc(O)c(OCC)c2)C1C(=O)OC. The van der Waals surface area contributed by atoms with Crippen LogP contribution in [0.1, 0.15) is 45.1 Å². The van der Waals surface area contributed by atoms with Crippen molar-refractivity contribution in [1.82, 2.24) is 5.32 Å². The Kier molecular flexibility index (Phi) is 5.24. The number of nitrogens with one attached hydrogen (secondary N) is 1. The molecule has 1 aliphatic heterocycles. The number of carbonyl (C=O) groups excluding carboxylic acids is 2. The molecule has 3 rings (SSSR count). The Labute approximate surface area is 165 Å².